The molecule has 3 N–H and O–H groups in total. The standard InChI is InChI=1S/C13H23NOS2/c1-4-11(14)13(17-10(3)5-7-15)12-9(2)6-8-16-12/h6,8,10-11,13,15H,4-5,7,14H2,1-3H3. The molecule has 0 aromatic carbocycles. The molecule has 1 rings (SSSR count). The summed E-state index contributed by atoms with van der Waals surface area (Å²) in [5.41, 5.74) is 7.59. The predicted molar refractivity (Wildman–Crippen MR) is 78.8 cm³/mol. The molecule has 3 unspecified atom stereocenters. The summed E-state index contributed by atoms with van der Waals surface area (Å²) in [6, 6.07) is 2.35. The monoisotopic (exact) mass is 273 g/mol. The van der Waals surface area contributed by atoms with E-state index in [1.54, 1.807) is 11.3 Å². The average Bonchev–Trinajstić information content (AvgIpc) is 2.71. The minimum Gasteiger partial charge on any atom is -0.396 e. The Kier molecular flexibility index (Phi) is 6.55. The van der Waals surface area contributed by atoms with Crippen molar-refractivity contribution in [1.29, 1.82) is 0 Å². The van der Waals surface area contributed by atoms with Gasteiger partial charge in [-0.15, -0.1) is 23.1 Å². The first kappa shape index (κ1) is 15.0. The zero-order valence-corrected chi connectivity index (χ0v) is 12.5. The van der Waals surface area contributed by atoms with Crippen LogP contribution in [0.15, 0.2) is 11.4 Å². The molecule has 1 aromatic rings. The van der Waals surface area contributed by atoms with E-state index in [-0.39, 0.29) is 12.6 Å². The highest BCUT2D eigenvalue weighted by Gasteiger charge is 2.24. The van der Waals surface area contributed by atoms with Crippen LogP contribution in [0.5, 0.6) is 0 Å². The molecule has 0 spiro atoms. The molecular weight excluding hydrogens is 250 g/mol. The predicted octanol–water partition coefficient (Wildman–Crippen LogP) is 3.34. The van der Waals surface area contributed by atoms with Gasteiger partial charge in [-0.05, 0) is 36.8 Å². The molecule has 0 aliphatic rings. The van der Waals surface area contributed by atoms with E-state index in [2.05, 4.69) is 32.2 Å². The van der Waals surface area contributed by atoms with Crippen molar-refractivity contribution in [2.45, 2.75) is 50.2 Å². The van der Waals surface area contributed by atoms with E-state index in [0.29, 0.717) is 10.5 Å². The third-order valence-corrected chi connectivity index (χ3v) is 5.76. The summed E-state index contributed by atoms with van der Waals surface area (Å²) in [4.78, 5) is 1.40. The van der Waals surface area contributed by atoms with Gasteiger partial charge in [-0.2, -0.15) is 0 Å². The van der Waals surface area contributed by atoms with Crippen LogP contribution in [-0.2, 0) is 0 Å². The Labute approximate surface area is 113 Å². The second-order valence-electron chi connectivity index (χ2n) is 4.42. The smallest absolute Gasteiger partial charge is 0.0547 e. The van der Waals surface area contributed by atoms with Crippen LogP contribution >= 0.6 is 23.1 Å². The van der Waals surface area contributed by atoms with E-state index < -0.39 is 0 Å². The quantitative estimate of drug-likeness (QED) is 0.801. The van der Waals surface area contributed by atoms with Crippen molar-refractivity contribution in [2.75, 3.05) is 6.61 Å². The molecule has 0 fully saturated rings. The summed E-state index contributed by atoms with van der Waals surface area (Å²) >= 11 is 3.70. The lowest BCUT2D eigenvalue weighted by Gasteiger charge is -2.25. The van der Waals surface area contributed by atoms with Gasteiger partial charge >= 0.3 is 0 Å². The van der Waals surface area contributed by atoms with Crippen LogP contribution in [-0.4, -0.2) is 23.0 Å². The zero-order chi connectivity index (χ0) is 12.8. The average molecular weight is 273 g/mol. The molecule has 2 nitrogen and oxygen atoms in total. The molecule has 0 saturated heterocycles. The number of thioether (sulfide) groups is 1. The molecule has 17 heavy (non-hydrogen) atoms. The number of aliphatic hydroxyl groups excluding tert-OH is 1. The lowest BCUT2D eigenvalue weighted by Crippen LogP contribution is -2.27. The summed E-state index contributed by atoms with van der Waals surface area (Å²) in [7, 11) is 0. The van der Waals surface area contributed by atoms with Gasteiger partial charge in [0.2, 0.25) is 0 Å². The highest BCUT2D eigenvalue weighted by Crippen LogP contribution is 2.40. The van der Waals surface area contributed by atoms with Gasteiger partial charge in [0.05, 0.1) is 5.25 Å². The normalized spacial score (nSPS) is 16.8. The van der Waals surface area contributed by atoms with Crippen LogP contribution in [0.4, 0.5) is 0 Å². The fourth-order valence-electron chi connectivity index (χ4n) is 1.75. The van der Waals surface area contributed by atoms with Crippen LogP contribution in [0.25, 0.3) is 0 Å². The Hall–Kier alpha value is -0.0300. The van der Waals surface area contributed by atoms with E-state index in [1.807, 2.05) is 11.8 Å². The summed E-state index contributed by atoms with van der Waals surface area (Å²) in [5.74, 6) is 0. The topological polar surface area (TPSA) is 46.2 Å². The van der Waals surface area contributed by atoms with E-state index in [4.69, 9.17) is 10.8 Å². The summed E-state index contributed by atoms with van der Waals surface area (Å²) in [5, 5.41) is 11.9. The van der Waals surface area contributed by atoms with Crippen molar-refractivity contribution in [1.82, 2.24) is 0 Å². The SMILES string of the molecule is CCC(N)C(SC(C)CCO)c1sccc1C. The Morgan fingerprint density at radius 3 is 2.71 bits per heavy atom. The van der Waals surface area contributed by atoms with Gasteiger partial charge in [0.1, 0.15) is 0 Å². The van der Waals surface area contributed by atoms with Crippen molar-refractivity contribution in [3.8, 4) is 0 Å². The Bertz CT molecular complexity index is 327. The Morgan fingerprint density at radius 2 is 2.24 bits per heavy atom. The molecule has 1 heterocycles. The van der Waals surface area contributed by atoms with E-state index >= 15 is 0 Å². The largest absolute Gasteiger partial charge is 0.396 e. The minimum absolute atomic E-state index is 0.193. The Morgan fingerprint density at radius 1 is 1.53 bits per heavy atom. The van der Waals surface area contributed by atoms with Crippen LogP contribution in [0.1, 0.15) is 42.4 Å². The highest BCUT2D eigenvalue weighted by molar-refractivity contribution is 8.00. The molecule has 3 atom stereocenters. The molecular formula is C13H23NOS2. The van der Waals surface area contributed by atoms with Gasteiger partial charge in [-0.1, -0.05) is 13.8 Å². The van der Waals surface area contributed by atoms with E-state index in [1.165, 1.54) is 10.4 Å². The maximum atomic E-state index is 8.99. The first-order valence-corrected chi connectivity index (χ1v) is 7.98. The molecule has 98 valence electrons. The highest BCUT2D eigenvalue weighted by atomic mass is 32.2. The summed E-state index contributed by atoms with van der Waals surface area (Å²) in [6.07, 6.45) is 1.82. The number of nitrogens with two attached hydrogens (primary N) is 1. The maximum absolute atomic E-state index is 8.99. The first-order chi connectivity index (χ1) is 8.10. The molecule has 0 aliphatic heterocycles. The first-order valence-electron chi connectivity index (χ1n) is 6.16. The lowest BCUT2D eigenvalue weighted by molar-refractivity contribution is 0.288. The van der Waals surface area contributed by atoms with E-state index in [9.17, 15) is 0 Å². The molecule has 0 radical (unpaired) electrons. The molecule has 4 heteroatoms. The van der Waals surface area contributed by atoms with E-state index in [0.717, 1.165) is 12.8 Å². The minimum atomic E-state index is 0.193. The van der Waals surface area contributed by atoms with Gasteiger partial charge in [-0.3, -0.25) is 0 Å². The van der Waals surface area contributed by atoms with Crippen molar-refractivity contribution < 1.29 is 5.11 Å². The fraction of sp³-hybridized carbons (Fsp3) is 0.692. The van der Waals surface area contributed by atoms with Gasteiger partial charge in [0.15, 0.2) is 0 Å². The van der Waals surface area contributed by atoms with Gasteiger partial charge in [0, 0.05) is 22.8 Å². The van der Waals surface area contributed by atoms with Crippen molar-refractivity contribution in [3.05, 3.63) is 21.9 Å². The van der Waals surface area contributed by atoms with Crippen LogP contribution in [0.3, 0.4) is 0 Å². The lowest BCUT2D eigenvalue weighted by atomic mass is 10.1. The molecule has 0 saturated carbocycles. The molecule has 0 bridgehead atoms. The summed E-state index contributed by atoms with van der Waals surface area (Å²) < 4.78 is 0. The van der Waals surface area contributed by atoms with Crippen molar-refractivity contribution >= 4 is 23.1 Å². The number of thiophene rings is 1. The van der Waals surface area contributed by atoms with Gasteiger partial charge in [0.25, 0.3) is 0 Å². The second-order valence-corrected chi connectivity index (χ2v) is 6.95. The number of aryl methyl sites for hydroxylation is 1. The number of hydrogen-bond acceptors (Lipinski definition) is 4. The van der Waals surface area contributed by atoms with Crippen molar-refractivity contribution in [2.24, 2.45) is 5.73 Å². The fourth-order valence-corrected chi connectivity index (χ4v) is 4.51. The maximum Gasteiger partial charge on any atom is 0.0547 e. The van der Waals surface area contributed by atoms with Crippen LogP contribution < -0.4 is 5.73 Å². The molecule has 0 aliphatic carbocycles. The second kappa shape index (κ2) is 7.41. The number of hydrogen-bond donors (Lipinski definition) is 2. The molecule has 0 amide bonds. The third-order valence-electron chi connectivity index (χ3n) is 2.93. The number of rotatable bonds is 7. The van der Waals surface area contributed by atoms with Gasteiger partial charge in [-0.25, -0.2) is 0 Å². The van der Waals surface area contributed by atoms with Gasteiger partial charge < -0.3 is 10.8 Å². The summed E-state index contributed by atoms with van der Waals surface area (Å²) in [6.45, 7) is 6.71. The van der Waals surface area contributed by atoms with Crippen molar-refractivity contribution in [3.63, 3.8) is 0 Å². The van der Waals surface area contributed by atoms with Crippen LogP contribution in [0, 0.1) is 6.92 Å². The zero-order valence-electron chi connectivity index (χ0n) is 10.8. The molecule has 1 aromatic heterocycles. The Balaban J connectivity index is 2.78. The number of aliphatic hydroxyl groups is 1. The third kappa shape index (κ3) is 4.28. The van der Waals surface area contributed by atoms with Crippen LogP contribution in [0.2, 0.25) is 0 Å².